The Hall–Kier alpha value is -1.79. The van der Waals surface area contributed by atoms with Gasteiger partial charge >= 0.3 is 5.69 Å². The van der Waals surface area contributed by atoms with Gasteiger partial charge in [-0.25, -0.2) is 9.78 Å². The summed E-state index contributed by atoms with van der Waals surface area (Å²) in [6, 6.07) is 3.72. The minimum atomic E-state index is -0.121. The first-order valence-electron chi connectivity index (χ1n) is 5.26. The first kappa shape index (κ1) is 12.7. The number of nitrogens with zero attached hydrogens (tertiary/aromatic N) is 3. The number of aromatic amines is 1. The average Bonchev–Trinajstić information content (AvgIpc) is 2.83. The number of halogens is 1. The smallest absolute Gasteiger partial charge is 0.328 e. The molecule has 3 rings (SSSR count). The molecular weight excluding hydrogens is 256 g/mol. The van der Waals surface area contributed by atoms with Crippen LogP contribution < -0.4 is 18.1 Å². The number of rotatable bonds is 1. The van der Waals surface area contributed by atoms with Crippen LogP contribution in [0.5, 0.6) is 0 Å². The number of hydrogen-bond donors (Lipinski definition) is 2. The molecule has 1 aromatic carbocycles. The molecular formula is C11H12ClN4O2-. The molecule has 2 N–H and O–H groups in total. The number of benzene rings is 1. The third-order valence-corrected chi connectivity index (χ3v) is 3.07. The predicted molar refractivity (Wildman–Crippen MR) is 63.7 cm³/mol. The molecule has 0 unspecified atom stereocenters. The van der Waals surface area contributed by atoms with Crippen molar-refractivity contribution in [3.8, 4) is 0 Å². The Morgan fingerprint density at radius 2 is 1.89 bits per heavy atom. The summed E-state index contributed by atoms with van der Waals surface area (Å²) in [5, 5.41) is 9.03. The maximum absolute atomic E-state index is 11.8. The van der Waals surface area contributed by atoms with E-state index in [0.717, 1.165) is 22.1 Å². The van der Waals surface area contributed by atoms with E-state index in [1.54, 1.807) is 23.2 Å². The van der Waals surface area contributed by atoms with Crippen molar-refractivity contribution in [2.75, 3.05) is 0 Å². The molecule has 3 aromatic rings. The summed E-state index contributed by atoms with van der Waals surface area (Å²) in [5.41, 5.74) is 3.19. The first-order valence-corrected chi connectivity index (χ1v) is 5.26. The van der Waals surface area contributed by atoms with Crippen LogP contribution in [-0.2, 0) is 20.7 Å². The van der Waals surface area contributed by atoms with Crippen LogP contribution in [-0.4, -0.2) is 24.2 Å². The molecule has 6 nitrogen and oxygen atoms in total. The predicted octanol–water partition coefficient (Wildman–Crippen LogP) is -2.75. The van der Waals surface area contributed by atoms with Crippen LogP contribution in [0.15, 0.2) is 16.9 Å². The van der Waals surface area contributed by atoms with E-state index < -0.39 is 0 Å². The van der Waals surface area contributed by atoms with E-state index in [2.05, 4.69) is 9.97 Å². The lowest BCUT2D eigenvalue weighted by Crippen LogP contribution is -3.00. The maximum Gasteiger partial charge on any atom is 0.328 e. The van der Waals surface area contributed by atoms with Crippen molar-refractivity contribution in [3.63, 3.8) is 0 Å². The van der Waals surface area contributed by atoms with E-state index in [1.165, 1.54) is 0 Å². The Bertz CT molecular complexity index is 724. The number of nitrogens with one attached hydrogen (secondary N) is 1. The summed E-state index contributed by atoms with van der Waals surface area (Å²) in [6.07, 6.45) is 0. The molecule has 96 valence electrons. The summed E-state index contributed by atoms with van der Waals surface area (Å²) in [4.78, 5) is 19.0. The second-order valence-corrected chi connectivity index (χ2v) is 4.10. The lowest BCUT2D eigenvalue weighted by atomic mass is 10.2. The standard InChI is InChI=1S/C11H12N4O2.ClH/c1-14-8-3-6-7(13-10(5-16)12-6)4-9(8)15(2)11(14)17;/h3-4,16H,5H2,1-2H3,(H,12,13);1H/p-1. The fourth-order valence-corrected chi connectivity index (χ4v) is 2.13. The molecule has 0 spiro atoms. The lowest BCUT2D eigenvalue weighted by molar-refractivity contribution is -0.00000460. The van der Waals surface area contributed by atoms with Crippen LogP contribution >= 0.6 is 0 Å². The molecule has 0 bridgehead atoms. The molecule has 18 heavy (non-hydrogen) atoms. The number of hydrogen-bond acceptors (Lipinski definition) is 3. The Morgan fingerprint density at radius 1 is 1.28 bits per heavy atom. The molecule has 7 heteroatoms. The van der Waals surface area contributed by atoms with Gasteiger partial charge in [-0.3, -0.25) is 9.13 Å². The number of aromatic nitrogens is 4. The van der Waals surface area contributed by atoms with E-state index in [4.69, 9.17) is 5.11 Å². The zero-order valence-corrected chi connectivity index (χ0v) is 10.7. The summed E-state index contributed by atoms with van der Waals surface area (Å²) >= 11 is 0. The van der Waals surface area contributed by atoms with E-state index in [9.17, 15) is 4.79 Å². The zero-order valence-electron chi connectivity index (χ0n) is 9.94. The van der Waals surface area contributed by atoms with Crippen molar-refractivity contribution in [1.82, 2.24) is 19.1 Å². The summed E-state index contributed by atoms with van der Waals surface area (Å²) in [7, 11) is 3.47. The van der Waals surface area contributed by atoms with E-state index >= 15 is 0 Å². The van der Waals surface area contributed by atoms with Crippen LogP contribution in [0.2, 0.25) is 0 Å². The highest BCUT2D eigenvalue weighted by Crippen LogP contribution is 2.19. The molecule has 0 saturated carbocycles. The second kappa shape index (κ2) is 4.15. The molecule has 0 radical (unpaired) electrons. The van der Waals surface area contributed by atoms with Gasteiger partial charge in [0.15, 0.2) is 0 Å². The van der Waals surface area contributed by atoms with Gasteiger partial charge in [0.05, 0.1) is 22.1 Å². The Labute approximate surface area is 108 Å². The van der Waals surface area contributed by atoms with Crippen LogP contribution in [0.25, 0.3) is 22.1 Å². The van der Waals surface area contributed by atoms with Crippen LogP contribution in [0.1, 0.15) is 5.82 Å². The molecule has 0 amide bonds. The maximum atomic E-state index is 11.8. The van der Waals surface area contributed by atoms with Gasteiger partial charge in [0.1, 0.15) is 12.4 Å². The van der Waals surface area contributed by atoms with Crippen molar-refractivity contribution in [3.05, 3.63) is 28.4 Å². The van der Waals surface area contributed by atoms with E-state index in [-0.39, 0.29) is 24.7 Å². The van der Waals surface area contributed by atoms with E-state index in [1.807, 2.05) is 12.1 Å². The Balaban J connectivity index is 0.00000120. The molecule has 0 saturated heterocycles. The van der Waals surface area contributed by atoms with Crippen molar-refractivity contribution in [2.24, 2.45) is 14.1 Å². The summed E-state index contributed by atoms with van der Waals surface area (Å²) < 4.78 is 3.18. The van der Waals surface area contributed by atoms with Gasteiger partial charge in [-0.1, -0.05) is 0 Å². The molecule has 0 fully saturated rings. The van der Waals surface area contributed by atoms with Crippen molar-refractivity contribution in [2.45, 2.75) is 6.61 Å². The summed E-state index contributed by atoms with van der Waals surface area (Å²) in [6.45, 7) is -0.121. The molecule has 0 aliphatic rings. The van der Waals surface area contributed by atoms with Crippen molar-refractivity contribution < 1.29 is 17.5 Å². The fourth-order valence-electron chi connectivity index (χ4n) is 2.13. The highest BCUT2D eigenvalue weighted by atomic mass is 35.5. The van der Waals surface area contributed by atoms with Crippen molar-refractivity contribution in [1.29, 1.82) is 0 Å². The van der Waals surface area contributed by atoms with Crippen LogP contribution in [0.3, 0.4) is 0 Å². The fraction of sp³-hybridized carbons (Fsp3) is 0.273. The quantitative estimate of drug-likeness (QED) is 0.502. The number of imidazole rings is 2. The van der Waals surface area contributed by atoms with Gasteiger partial charge in [0, 0.05) is 14.1 Å². The highest BCUT2D eigenvalue weighted by Gasteiger charge is 2.10. The minimum Gasteiger partial charge on any atom is -1.00 e. The van der Waals surface area contributed by atoms with Crippen LogP contribution in [0.4, 0.5) is 0 Å². The number of aliphatic hydroxyl groups excluding tert-OH is 1. The van der Waals surface area contributed by atoms with Crippen molar-refractivity contribution >= 4 is 22.1 Å². The number of aryl methyl sites for hydroxylation is 2. The molecule has 2 aromatic heterocycles. The lowest BCUT2D eigenvalue weighted by Gasteiger charge is -1.94. The third-order valence-electron chi connectivity index (χ3n) is 3.07. The van der Waals surface area contributed by atoms with Gasteiger partial charge in [-0.15, -0.1) is 0 Å². The summed E-state index contributed by atoms with van der Waals surface area (Å²) in [5.74, 6) is 0.528. The largest absolute Gasteiger partial charge is 1.00 e. The number of fused-ring (bicyclic) bond motifs is 2. The van der Waals surface area contributed by atoms with Gasteiger partial charge in [0.2, 0.25) is 0 Å². The molecule has 2 heterocycles. The van der Waals surface area contributed by atoms with Gasteiger partial charge in [-0.2, -0.15) is 0 Å². The zero-order chi connectivity index (χ0) is 12.2. The third kappa shape index (κ3) is 1.53. The van der Waals surface area contributed by atoms with E-state index in [0.29, 0.717) is 5.82 Å². The highest BCUT2D eigenvalue weighted by molar-refractivity contribution is 5.91. The minimum absolute atomic E-state index is 0. The van der Waals surface area contributed by atoms with Gasteiger partial charge < -0.3 is 22.5 Å². The normalized spacial score (nSPS) is 11.1. The second-order valence-electron chi connectivity index (χ2n) is 4.10. The average molecular weight is 268 g/mol. The van der Waals surface area contributed by atoms with Gasteiger partial charge in [-0.05, 0) is 12.1 Å². The Morgan fingerprint density at radius 3 is 2.50 bits per heavy atom. The van der Waals surface area contributed by atoms with Gasteiger partial charge in [0.25, 0.3) is 0 Å². The molecule has 0 atom stereocenters. The van der Waals surface area contributed by atoms with Crippen LogP contribution in [0, 0.1) is 0 Å². The monoisotopic (exact) mass is 267 g/mol. The number of aliphatic hydroxyl groups is 1. The topological polar surface area (TPSA) is 75.8 Å². The Kier molecular flexibility index (Phi) is 2.92. The SMILES string of the molecule is Cn1c(=O)n(C)c2cc3[nH]c(CO)nc3cc21.[Cl-]. The molecule has 0 aliphatic carbocycles. The number of H-pyrrole nitrogens is 1. The first-order chi connectivity index (χ1) is 8.11. The molecule has 0 aliphatic heterocycles.